The van der Waals surface area contributed by atoms with E-state index in [0.717, 1.165) is 54.6 Å². The maximum absolute atomic E-state index is 6.45. The van der Waals surface area contributed by atoms with Crippen molar-refractivity contribution < 1.29 is 0 Å². The number of fused-ring (bicyclic) bond motifs is 1. The summed E-state index contributed by atoms with van der Waals surface area (Å²) in [5, 5.41) is 7.99. The molecule has 0 aromatic heterocycles. The van der Waals surface area contributed by atoms with Crippen LogP contribution in [-0.4, -0.2) is 31.6 Å². The van der Waals surface area contributed by atoms with Gasteiger partial charge in [-0.05, 0) is 61.7 Å². The Hall–Kier alpha value is -2.47. The Morgan fingerprint density at radius 3 is 2.80 bits per heavy atom. The number of nitrogens with two attached hydrogens (primary N) is 1. The summed E-state index contributed by atoms with van der Waals surface area (Å²) in [4.78, 5) is 2.34. The lowest BCUT2D eigenvalue weighted by atomic mass is 9.90. The molecule has 4 rings (SSSR count). The van der Waals surface area contributed by atoms with Crippen LogP contribution in [0.2, 0.25) is 5.02 Å². The van der Waals surface area contributed by atoms with Crippen LogP contribution in [0.25, 0.3) is 11.3 Å². The Labute approximate surface area is 183 Å². The monoisotopic (exact) mass is 423 g/mol. The molecule has 0 radical (unpaired) electrons. The molecule has 30 heavy (non-hydrogen) atoms. The summed E-state index contributed by atoms with van der Waals surface area (Å²) in [6.45, 7) is 4.93. The van der Waals surface area contributed by atoms with Gasteiger partial charge in [0.1, 0.15) is 0 Å². The fourth-order valence-corrected chi connectivity index (χ4v) is 4.42. The minimum absolute atomic E-state index is 0.141. The molecule has 2 heterocycles. The summed E-state index contributed by atoms with van der Waals surface area (Å²) in [5.41, 5.74) is 10.9. The minimum atomic E-state index is 0.141. The number of para-hydroxylation sites is 1. The van der Waals surface area contributed by atoms with Crippen molar-refractivity contribution in [2.45, 2.75) is 25.8 Å². The van der Waals surface area contributed by atoms with E-state index in [9.17, 15) is 0 Å². The van der Waals surface area contributed by atoms with E-state index < -0.39 is 0 Å². The standard InChI is InChI=1S/C24H30ClN5/c1-16(29-26)24-19-8-7-18(17-10-13-30(2)14-11-17)15-20(19)22(9-12-27-24)28-23-6-4-3-5-21(23)25/h3-8,10,15,22,27-29H,9,11-14,26H2,1-2H3/b24-16-. The molecule has 2 aliphatic heterocycles. The van der Waals surface area contributed by atoms with Crippen molar-refractivity contribution in [3.8, 4) is 0 Å². The molecular formula is C24H30ClN5. The highest BCUT2D eigenvalue weighted by atomic mass is 35.5. The second-order valence-corrected chi connectivity index (χ2v) is 8.49. The molecular weight excluding hydrogens is 394 g/mol. The van der Waals surface area contributed by atoms with Crippen molar-refractivity contribution in [1.82, 2.24) is 15.6 Å². The van der Waals surface area contributed by atoms with E-state index in [1.54, 1.807) is 0 Å². The maximum Gasteiger partial charge on any atom is 0.0637 e. The SMILES string of the molecule is C/C(NN)=C1/NCCC(Nc2ccccc2Cl)c2cc(C3=CCN(C)CC3)ccc21. The molecule has 0 fully saturated rings. The number of allylic oxidation sites excluding steroid dienone is 1. The molecule has 1 unspecified atom stereocenters. The van der Waals surface area contributed by atoms with Gasteiger partial charge in [0.15, 0.2) is 0 Å². The van der Waals surface area contributed by atoms with E-state index in [0.29, 0.717) is 0 Å². The van der Waals surface area contributed by atoms with Crippen LogP contribution in [0.5, 0.6) is 0 Å². The van der Waals surface area contributed by atoms with Crippen molar-refractivity contribution in [2.24, 2.45) is 5.84 Å². The molecule has 0 spiro atoms. The van der Waals surface area contributed by atoms with Gasteiger partial charge < -0.3 is 21.0 Å². The number of nitrogens with one attached hydrogen (secondary N) is 3. The van der Waals surface area contributed by atoms with Gasteiger partial charge in [0.25, 0.3) is 0 Å². The quantitative estimate of drug-likeness (QED) is 0.434. The van der Waals surface area contributed by atoms with Gasteiger partial charge >= 0.3 is 0 Å². The lowest BCUT2D eigenvalue weighted by molar-refractivity contribution is 0.370. The predicted octanol–water partition coefficient (Wildman–Crippen LogP) is 4.36. The summed E-state index contributed by atoms with van der Waals surface area (Å²) in [5.74, 6) is 5.75. The summed E-state index contributed by atoms with van der Waals surface area (Å²) in [7, 11) is 2.17. The van der Waals surface area contributed by atoms with Crippen molar-refractivity contribution >= 4 is 28.6 Å². The third-order valence-electron chi connectivity index (χ3n) is 6.01. The van der Waals surface area contributed by atoms with Gasteiger partial charge in [-0.2, -0.15) is 0 Å². The summed E-state index contributed by atoms with van der Waals surface area (Å²) < 4.78 is 0. The zero-order valence-corrected chi connectivity index (χ0v) is 18.4. The zero-order valence-electron chi connectivity index (χ0n) is 17.6. The van der Waals surface area contributed by atoms with Gasteiger partial charge in [0, 0.05) is 30.9 Å². The van der Waals surface area contributed by atoms with E-state index in [1.165, 1.54) is 22.3 Å². The molecule has 0 saturated heterocycles. The number of hydrogen-bond acceptors (Lipinski definition) is 5. The molecule has 158 valence electrons. The molecule has 0 aliphatic carbocycles. The third-order valence-corrected chi connectivity index (χ3v) is 6.34. The lowest BCUT2D eigenvalue weighted by Crippen LogP contribution is -2.25. The molecule has 6 heteroatoms. The molecule has 5 N–H and O–H groups in total. The summed E-state index contributed by atoms with van der Waals surface area (Å²) in [6, 6.07) is 14.9. The van der Waals surface area contributed by atoms with Crippen LogP contribution in [0.15, 0.2) is 54.2 Å². The number of hydrazine groups is 1. The van der Waals surface area contributed by atoms with E-state index >= 15 is 0 Å². The van der Waals surface area contributed by atoms with Crippen molar-refractivity contribution in [3.63, 3.8) is 0 Å². The average molecular weight is 424 g/mol. The first-order chi connectivity index (χ1) is 14.6. The van der Waals surface area contributed by atoms with Crippen LogP contribution in [0.1, 0.15) is 42.5 Å². The first-order valence-electron chi connectivity index (χ1n) is 10.5. The number of nitrogens with zero attached hydrogens (tertiary/aromatic N) is 1. The topological polar surface area (TPSA) is 65.3 Å². The second-order valence-electron chi connectivity index (χ2n) is 8.08. The van der Waals surface area contributed by atoms with Crippen LogP contribution in [0, 0.1) is 0 Å². The van der Waals surface area contributed by atoms with Crippen molar-refractivity contribution in [2.75, 3.05) is 32.0 Å². The van der Waals surface area contributed by atoms with Crippen LogP contribution in [0.3, 0.4) is 0 Å². The number of rotatable bonds is 4. The van der Waals surface area contributed by atoms with Gasteiger partial charge in [-0.25, -0.2) is 0 Å². The van der Waals surface area contributed by atoms with Crippen molar-refractivity contribution in [1.29, 1.82) is 0 Å². The number of anilines is 1. The van der Waals surface area contributed by atoms with Gasteiger partial charge in [-0.1, -0.05) is 41.9 Å². The van der Waals surface area contributed by atoms with Gasteiger partial charge in [0.05, 0.1) is 22.4 Å². The minimum Gasteiger partial charge on any atom is -0.383 e. The fourth-order valence-electron chi connectivity index (χ4n) is 4.23. The molecule has 0 saturated carbocycles. The number of benzene rings is 2. The fraction of sp³-hybridized carbons (Fsp3) is 0.333. The molecule has 0 bridgehead atoms. The van der Waals surface area contributed by atoms with E-state index in [1.807, 2.05) is 31.2 Å². The molecule has 5 nitrogen and oxygen atoms in total. The van der Waals surface area contributed by atoms with Crippen molar-refractivity contribution in [3.05, 3.63) is 76.0 Å². The zero-order chi connectivity index (χ0) is 21.1. The Bertz CT molecular complexity index is 981. The molecule has 0 amide bonds. The third kappa shape index (κ3) is 4.33. The number of hydrogen-bond donors (Lipinski definition) is 4. The molecule has 2 aliphatic rings. The van der Waals surface area contributed by atoms with Gasteiger partial charge in [0.2, 0.25) is 0 Å². The molecule has 1 atom stereocenters. The maximum atomic E-state index is 6.45. The highest BCUT2D eigenvalue weighted by molar-refractivity contribution is 6.33. The highest BCUT2D eigenvalue weighted by Gasteiger charge is 2.24. The Morgan fingerprint density at radius 1 is 1.23 bits per heavy atom. The van der Waals surface area contributed by atoms with Gasteiger partial charge in [-0.3, -0.25) is 5.84 Å². The van der Waals surface area contributed by atoms with E-state index in [-0.39, 0.29) is 6.04 Å². The summed E-state index contributed by atoms with van der Waals surface area (Å²) in [6.07, 6.45) is 4.35. The molecule has 2 aromatic carbocycles. The van der Waals surface area contributed by atoms with Crippen LogP contribution >= 0.6 is 11.6 Å². The second kappa shape index (κ2) is 9.13. The molecule has 2 aromatic rings. The Morgan fingerprint density at radius 2 is 2.07 bits per heavy atom. The first-order valence-corrected chi connectivity index (χ1v) is 10.9. The van der Waals surface area contributed by atoms with E-state index in [2.05, 4.69) is 52.3 Å². The van der Waals surface area contributed by atoms with Gasteiger partial charge in [-0.15, -0.1) is 0 Å². The largest absolute Gasteiger partial charge is 0.383 e. The van der Waals surface area contributed by atoms with Crippen LogP contribution < -0.4 is 21.9 Å². The smallest absolute Gasteiger partial charge is 0.0637 e. The number of halogens is 1. The highest BCUT2D eigenvalue weighted by Crippen LogP contribution is 2.36. The lowest BCUT2D eigenvalue weighted by Gasteiger charge is -2.25. The normalized spacial score (nSPS) is 21.1. The first kappa shape index (κ1) is 20.8. The van der Waals surface area contributed by atoms with E-state index in [4.69, 9.17) is 17.4 Å². The average Bonchev–Trinajstić information content (AvgIpc) is 2.94. The predicted molar refractivity (Wildman–Crippen MR) is 127 cm³/mol. The summed E-state index contributed by atoms with van der Waals surface area (Å²) >= 11 is 6.45. The van der Waals surface area contributed by atoms with Crippen LogP contribution in [-0.2, 0) is 0 Å². The Balaban J connectivity index is 1.78. The number of likely N-dealkylation sites (N-methyl/N-ethyl adjacent to an activating group) is 1. The Kier molecular flexibility index (Phi) is 6.32. The van der Waals surface area contributed by atoms with Crippen LogP contribution in [0.4, 0.5) is 5.69 Å².